The number of carbonyl (C=O) groups excluding carboxylic acids is 1. The summed E-state index contributed by atoms with van der Waals surface area (Å²) < 4.78 is 18.0. The summed E-state index contributed by atoms with van der Waals surface area (Å²) in [7, 11) is -0.152. The Morgan fingerprint density at radius 3 is 2.19 bits per heavy atom. The fourth-order valence-electron chi connectivity index (χ4n) is 5.47. The third-order valence-corrected chi connectivity index (χ3v) is 8.24. The Balaban J connectivity index is 1.65. The highest BCUT2D eigenvalue weighted by atomic mass is 16.7. The summed E-state index contributed by atoms with van der Waals surface area (Å²) in [6.07, 6.45) is 5.14. The highest BCUT2D eigenvalue weighted by molar-refractivity contribution is 6.45. The number of nitrogens with zero attached hydrogens (tertiary/aromatic N) is 1. The van der Waals surface area contributed by atoms with Gasteiger partial charge in [-0.15, -0.1) is 0 Å². The lowest BCUT2D eigenvalue weighted by Gasteiger charge is -2.46. The molecule has 2 heterocycles. The van der Waals surface area contributed by atoms with Crippen LogP contribution in [0.1, 0.15) is 81.1 Å². The molecule has 3 atom stereocenters. The number of rotatable bonds is 6. The molecule has 7 heteroatoms. The van der Waals surface area contributed by atoms with E-state index >= 15 is 0 Å². The highest BCUT2D eigenvalue weighted by Gasteiger charge is 2.51. The minimum atomic E-state index is -0.357. The molecule has 3 fully saturated rings. The molecule has 0 bridgehead atoms. The molecule has 0 aromatic carbocycles. The predicted octanol–water partition coefficient (Wildman–Crippen LogP) is 4.14. The summed E-state index contributed by atoms with van der Waals surface area (Å²) in [4.78, 5) is 16.0. The first-order valence-corrected chi connectivity index (χ1v) is 12.7. The molecule has 0 aromatic rings. The Kier molecular flexibility index (Phi) is 7.76. The van der Waals surface area contributed by atoms with Gasteiger partial charge in [0.2, 0.25) is 5.91 Å². The Morgan fingerprint density at radius 1 is 1.03 bits per heavy atom. The molecule has 0 radical (unpaired) electrons. The van der Waals surface area contributed by atoms with Gasteiger partial charge in [0.1, 0.15) is 0 Å². The van der Waals surface area contributed by atoms with Crippen molar-refractivity contribution in [2.24, 2.45) is 17.3 Å². The Labute approximate surface area is 196 Å². The zero-order chi connectivity index (χ0) is 23.8. The van der Waals surface area contributed by atoms with Crippen LogP contribution in [-0.4, -0.2) is 67.5 Å². The van der Waals surface area contributed by atoms with Crippen molar-refractivity contribution in [2.75, 3.05) is 32.8 Å². The average molecular weight is 450 g/mol. The highest BCUT2D eigenvalue weighted by Crippen LogP contribution is 2.47. The van der Waals surface area contributed by atoms with Crippen molar-refractivity contribution in [3.05, 3.63) is 0 Å². The minimum absolute atomic E-state index is 0.152. The van der Waals surface area contributed by atoms with Gasteiger partial charge in [0.15, 0.2) is 0 Å². The molecule has 3 unspecified atom stereocenters. The Hall–Kier alpha value is -0.625. The average Bonchev–Trinajstić information content (AvgIpc) is 2.88. The lowest BCUT2D eigenvalue weighted by Crippen LogP contribution is -2.55. The van der Waals surface area contributed by atoms with E-state index in [2.05, 4.69) is 65.6 Å². The summed E-state index contributed by atoms with van der Waals surface area (Å²) in [5.74, 6) is 1.10. The maximum absolute atomic E-state index is 13.6. The number of nitrogens with one attached hydrogen (secondary N) is 1. The molecule has 184 valence electrons. The van der Waals surface area contributed by atoms with Crippen molar-refractivity contribution in [2.45, 2.75) is 104 Å². The molecule has 2 saturated heterocycles. The molecule has 6 nitrogen and oxygen atoms in total. The fraction of sp³-hybridized carbons (Fsp3) is 0.960. The van der Waals surface area contributed by atoms with Crippen LogP contribution < -0.4 is 5.32 Å². The zero-order valence-electron chi connectivity index (χ0n) is 21.9. The minimum Gasteiger partial charge on any atom is -0.403 e. The number of morpholine rings is 1. The summed E-state index contributed by atoms with van der Waals surface area (Å²) in [5.41, 5.74) is -1.15. The number of hydrogen-bond acceptors (Lipinski definition) is 5. The van der Waals surface area contributed by atoms with Crippen LogP contribution in [0.4, 0.5) is 0 Å². The molecule has 1 amide bonds. The van der Waals surface area contributed by atoms with Crippen molar-refractivity contribution in [3.63, 3.8) is 0 Å². The SMILES string of the molecule is CC(C)(C)NC(=O)C1(C)CC(CCB2OC(C)(C)C(C)(C)O2)CCC1CN1CCOCC1. The van der Waals surface area contributed by atoms with E-state index < -0.39 is 0 Å². The number of ether oxygens (including phenoxy) is 1. The second kappa shape index (κ2) is 9.55. The summed E-state index contributed by atoms with van der Waals surface area (Å²) in [5, 5.41) is 3.30. The molecule has 3 rings (SSSR count). The third-order valence-electron chi connectivity index (χ3n) is 8.24. The molecule has 0 aromatic heterocycles. The quantitative estimate of drug-likeness (QED) is 0.617. The number of amides is 1. The zero-order valence-corrected chi connectivity index (χ0v) is 21.9. The smallest absolute Gasteiger partial charge is 0.403 e. The number of hydrogen-bond donors (Lipinski definition) is 1. The largest absolute Gasteiger partial charge is 0.457 e. The van der Waals surface area contributed by atoms with Crippen LogP contribution in [0.2, 0.25) is 6.32 Å². The lowest BCUT2D eigenvalue weighted by molar-refractivity contribution is -0.139. The number of carbonyl (C=O) groups is 1. The van der Waals surface area contributed by atoms with E-state index in [4.69, 9.17) is 14.0 Å². The standard InChI is InChI=1S/C25H47BN2O4/c1-22(2,3)27-21(29)25(8)17-19(9-10-20(25)18-28-13-15-30-16-14-28)11-12-26-31-23(4,5)24(6,7)32-26/h19-20H,9-18H2,1-8H3,(H,27,29). The van der Waals surface area contributed by atoms with Gasteiger partial charge in [0.25, 0.3) is 0 Å². The van der Waals surface area contributed by atoms with Gasteiger partial charge in [0, 0.05) is 25.2 Å². The van der Waals surface area contributed by atoms with Crippen LogP contribution in [-0.2, 0) is 18.8 Å². The van der Waals surface area contributed by atoms with Gasteiger partial charge in [0.05, 0.1) is 29.8 Å². The van der Waals surface area contributed by atoms with E-state index in [-0.39, 0.29) is 35.2 Å². The second-order valence-corrected chi connectivity index (χ2v) is 12.6. The normalized spacial score (nSPS) is 33.3. The van der Waals surface area contributed by atoms with Crippen LogP contribution in [0, 0.1) is 17.3 Å². The molecule has 2 aliphatic heterocycles. The van der Waals surface area contributed by atoms with Crippen LogP contribution in [0.25, 0.3) is 0 Å². The van der Waals surface area contributed by atoms with Crippen LogP contribution in [0.3, 0.4) is 0 Å². The van der Waals surface area contributed by atoms with Gasteiger partial charge in [-0.1, -0.05) is 19.8 Å². The van der Waals surface area contributed by atoms with Gasteiger partial charge >= 0.3 is 7.12 Å². The van der Waals surface area contributed by atoms with Gasteiger partial charge in [-0.2, -0.15) is 0 Å². The van der Waals surface area contributed by atoms with Crippen LogP contribution in [0.5, 0.6) is 0 Å². The van der Waals surface area contributed by atoms with Crippen molar-refractivity contribution in [1.82, 2.24) is 10.2 Å². The Morgan fingerprint density at radius 2 is 1.62 bits per heavy atom. The van der Waals surface area contributed by atoms with E-state index in [0.717, 1.165) is 58.4 Å². The first kappa shape index (κ1) is 26.0. The van der Waals surface area contributed by atoms with Crippen LogP contribution in [0.15, 0.2) is 0 Å². The van der Waals surface area contributed by atoms with E-state index in [0.29, 0.717) is 11.8 Å². The maximum atomic E-state index is 13.6. The second-order valence-electron chi connectivity index (χ2n) is 12.6. The van der Waals surface area contributed by atoms with E-state index in [1.54, 1.807) is 0 Å². The van der Waals surface area contributed by atoms with Crippen molar-refractivity contribution >= 4 is 13.0 Å². The molecule has 1 N–H and O–H groups in total. The van der Waals surface area contributed by atoms with Crippen LogP contribution >= 0.6 is 0 Å². The first-order valence-electron chi connectivity index (χ1n) is 12.7. The van der Waals surface area contributed by atoms with Crippen molar-refractivity contribution < 1.29 is 18.8 Å². The van der Waals surface area contributed by atoms with Gasteiger partial charge in [-0.25, -0.2) is 0 Å². The molecule has 3 aliphatic rings. The topological polar surface area (TPSA) is 60.0 Å². The van der Waals surface area contributed by atoms with E-state index in [1.807, 2.05) is 0 Å². The van der Waals surface area contributed by atoms with Crippen molar-refractivity contribution in [3.8, 4) is 0 Å². The van der Waals surface area contributed by atoms with Gasteiger partial charge in [-0.3, -0.25) is 9.69 Å². The molecular formula is C25H47BN2O4. The fourth-order valence-corrected chi connectivity index (χ4v) is 5.47. The van der Waals surface area contributed by atoms with Crippen molar-refractivity contribution in [1.29, 1.82) is 0 Å². The van der Waals surface area contributed by atoms with Gasteiger partial charge in [-0.05, 0) is 79.5 Å². The molecule has 0 spiro atoms. The molecular weight excluding hydrogens is 403 g/mol. The maximum Gasteiger partial charge on any atom is 0.457 e. The molecule has 1 saturated carbocycles. The monoisotopic (exact) mass is 450 g/mol. The third kappa shape index (κ3) is 6.08. The summed E-state index contributed by atoms with van der Waals surface area (Å²) in [6, 6.07) is 0. The lowest BCUT2D eigenvalue weighted by atomic mass is 9.61. The molecule has 32 heavy (non-hydrogen) atoms. The van der Waals surface area contributed by atoms with E-state index in [1.165, 1.54) is 6.42 Å². The van der Waals surface area contributed by atoms with Gasteiger partial charge < -0.3 is 19.4 Å². The first-order chi connectivity index (χ1) is 14.7. The van der Waals surface area contributed by atoms with E-state index in [9.17, 15) is 4.79 Å². The molecule has 1 aliphatic carbocycles. The Bertz CT molecular complexity index is 641. The summed E-state index contributed by atoms with van der Waals surface area (Å²) >= 11 is 0. The predicted molar refractivity (Wildman–Crippen MR) is 130 cm³/mol. The summed E-state index contributed by atoms with van der Waals surface area (Å²) in [6.45, 7) is 21.4.